The number of carboxylic acid groups (broad SMARTS) is 1. The fraction of sp³-hybridized carbons (Fsp3) is 0.417. The van der Waals surface area contributed by atoms with E-state index in [9.17, 15) is 32.3 Å². The van der Waals surface area contributed by atoms with E-state index in [2.05, 4.69) is 15.3 Å². The van der Waals surface area contributed by atoms with Gasteiger partial charge in [-0.1, -0.05) is 30.3 Å². The van der Waals surface area contributed by atoms with Gasteiger partial charge in [0.2, 0.25) is 5.91 Å². The summed E-state index contributed by atoms with van der Waals surface area (Å²) >= 11 is 0. The van der Waals surface area contributed by atoms with Crippen molar-refractivity contribution in [2.24, 2.45) is 0 Å². The summed E-state index contributed by atoms with van der Waals surface area (Å²) < 4.78 is 45.5. The number of nitrogens with zero attached hydrogens (tertiary/aromatic N) is 4. The number of hydrogen-bond donors (Lipinski definition) is 2. The Kier molecular flexibility index (Phi) is 9.20. The average Bonchev–Trinajstić information content (AvgIpc) is 2.90. The quantitative estimate of drug-likeness (QED) is 0.523. The number of ether oxygens (including phenoxy) is 1. The van der Waals surface area contributed by atoms with Crippen molar-refractivity contribution >= 4 is 23.9 Å². The molecule has 0 radical (unpaired) electrons. The molecule has 2 heterocycles. The molecule has 0 bridgehead atoms. The van der Waals surface area contributed by atoms with Crippen LogP contribution in [0.5, 0.6) is 0 Å². The van der Waals surface area contributed by atoms with Crippen molar-refractivity contribution in [1.29, 1.82) is 0 Å². The molecule has 3 rings (SSSR count). The Labute approximate surface area is 215 Å². The second kappa shape index (κ2) is 12.3. The van der Waals surface area contributed by atoms with Crippen LogP contribution in [0.1, 0.15) is 35.9 Å². The molecule has 1 fully saturated rings. The molecule has 11 nitrogen and oxygen atoms in total. The number of aliphatic carboxylic acids is 1. The van der Waals surface area contributed by atoms with Crippen molar-refractivity contribution in [3.05, 3.63) is 47.8 Å². The van der Waals surface area contributed by atoms with E-state index in [-0.39, 0.29) is 50.6 Å². The molecule has 3 amide bonds. The maximum absolute atomic E-state index is 13.5. The van der Waals surface area contributed by atoms with Crippen molar-refractivity contribution in [2.45, 2.75) is 32.0 Å². The van der Waals surface area contributed by atoms with Crippen molar-refractivity contribution in [2.75, 3.05) is 32.8 Å². The molecule has 204 valence electrons. The number of nitrogens with one attached hydrogen (secondary N) is 1. The van der Waals surface area contributed by atoms with Gasteiger partial charge in [-0.3, -0.25) is 14.4 Å². The Morgan fingerprint density at radius 2 is 1.68 bits per heavy atom. The van der Waals surface area contributed by atoms with E-state index >= 15 is 0 Å². The minimum Gasteiger partial charge on any atom is -0.481 e. The second-order valence-corrected chi connectivity index (χ2v) is 8.30. The number of carbonyl (C=O) groups is 4. The van der Waals surface area contributed by atoms with Crippen LogP contribution in [-0.4, -0.2) is 87.6 Å². The average molecular weight is 537 g/mol. The first kappa shape index (κ1) is 28.3. The lowest BCUT2D eigenvalue weighted by atomic mass is 10.1. The molecule has 14 heteroatoms. The first-order valence-electron chi connectivity index (χ1n) is 11.7. The lowest BCUT2D eigenvalue weighted by molar-refractivity contribution is -0.141. The maximum atomic E-state index is 13.5. The number of carboxylic acids is 1. The molecule has 1 aliphatic rings. The van der Waals surface area contributed by atoms with Crippen molar-refractivity contribution in [1.82, 2.24) is 25.1 Å². The fourth-order valence-electron chi connectivity index (χ4n) is 3.73. The number of aromatic nitrogens is 2. The highest BCUT2D eigenvalue weighted by Gasteiger charge is 2.36. The van der Waals surface area contributed by atoms with Gasteiger partial charge in [-0.05, 0) is 13.3 Å². The van der Waals surface area contributed by atoms with Crippen LogP contribution in [0, 0.1) is 0 Å². The molecule has 2 N–H and O–H groups in total. The normalized spacial score (nSPS) is 14.5. The fourth-order valence-corrected chi connectivity index (χ4v) is 3.73. The van der Waals surface area contributed by atoms with Gasteiger partial charge in [0, 0.05) is 44.2 Å². The number of alkyl halides is 3. The molecule has 1 saturated heterocycles. The molecule has 0 saturated carbocycles. The van der Waals surface area contributed by atoms with Crippen LogP contribution in [-0.2, 0) is 20.5 Å². The summed E-state index contributed by atoms with van der Waals surface area (Å²) in [6.07, 6.45) is -6.19. The largest absolute Gasteiger partial charge is 0.481 e. The standard InChI is InChI=1S/C24H26F3N5O6/c1-2-38-23(37)32-12-10-31(11-13-32)22(36)16(8-9-19(33)34)29-21(35)17-14-18(24(25,26)27)30-20(28-17)15-6-4-3-5-7-15/h3-7,14,16H,2,8-13H2,1H3,(H,29,35)(H,33,34)/t16-/m0/s1. The summed E-state index contributed by atoms with van der Waals surface area (Å²) in [5.41, 5.74) is -1.74. The number of piperazine rings is 1. The van der Waals surface area contributed by atoms with Crippen LogP contribution in [0.2, 0.25) is 0 Å². The van der Waals surface area contributed by atoms with Gasteiger partial charge in [-0.15, -0.1) is 0 Å². The monoisotopic (exact) mass is 537 g/mol. The Hall–Kier alpha value is -4.23. The Morgan fingerprint density at radius 1 is 1.05 bits per heavy atom. The van der Waals surface area contributed by atoms with Crippen molar-refractivity contribution < 1.29 is 42.2 Å². The molecule has 1 aliphatic heterocycles. The van der Waals surface area contributed by atoms with E-state index in [1.807, 2.05) is 0 Å². The van der Waals surface area contributed by atoms with Crippen molar-refractivity contribution in [3.8, 4) is 11.4 Å². The van der Waals surface area contributed by atoms with E-state index in [1.165, 1.54) is 21.9 Å². The van der Waals surface area contributed by atoms with Crippen LogP contribution in [0.25, 0.3) is 11.4 Å². The Morgan fingerprint density at radius 3 is 2.26 bits per heavy atom. The number of amides is 3. The molecule has 0 aliphatic carbocycles. The van der Waals surface area contributed by atoms with Crippen LogP contribution in [0.4, 0.5) is 18.0 Å². The van der Waals surface area contributed by atoms with Gasteiger partial charge >= 0.3 is 18.2 Å². The van der Waals surface area contributed by atoms with E-state index in [0.29, 0.717) is 6.07 Å². The van der Waals surface area contributed by atoms with E-state index in [4.69, 9.17) is 9.84 Å². The summed E-state index contributed by atoms with van der Waals surface area (Å²) in [6.45, 7) is 2.36. The van der Waals surface area contributed by atoms with Gasteiger partial charge in [-0.25, -0.2) is 14.8 Å². The van der Waals surface area contributed by atoms with E-state index in [1.54, 1.807) is 25.1 Å². The van der Waals surface area contributed by atoms with Crippen LogP contribution in [0.15, 0.2) is 36.4 Å². The molecule has 1 aromatic carbocycles. The lowest BCUT2D eigenvalue weighted by Crippen LogP contribution is -2.56. The highest BCUT2D eigenvalue weighted by Crippen LogP contribution is 2.29. The van der Waals surface area contributed by atoms with E-state index < -0.39 is 53.9 Å². The first-order valence-corrected chi connectivity index (χ1v) is 11.7. The topological polar surface area (TPSA) is 142 Å². The zero-order chi connectivity index (χ0) is 27.9. The maximum Gasteiger partial charge on any atom is 0.433 e. The predicted molar refractivity (Wildman–Crippen MR) is 126 cm³/mol. The molecule has 0 spiro atoms. The third-order valence-electron chi connectivity index (χ3n) is 5.65. The highest BCUT2D eigenvalue weighted by molar-refractivity contribution is 5.96. The molecular weight excluding hydrogens is 511 g/mol. The Bertz CT molecular complexity index is 1170. The number of hydrogen-bond acceptors (Lipinski definition) is 7. The third-order valence-corrected chi connectivity index (χ3v) is 5.65. The van der Waals surface area contributed by atoms with Crippen LogP contribution >= 0.6 is 0 Å². The highest BCUT2D eigenvalue weighted by atomic mass is 19.4. The molecular formula is C24H26F3N5O6. The Balaban J connectivity index is 1.82. The SMILES string of the molecule is CCOC(=O)N1CCN(C(=O)[C@H](CCC(=O)O)NC(=O)c2cc(C(F)(F)F)nc(-c3ccccc3)n2)CC1. The lowest BCUT2D eigenvalue weighted by Gasteiger charge is -2.35. The number of benzene rings is 1. The summed E-state index contributed by atoms with van der Waals surface area (Å²) in [5.74, 6) is -3.29. The summed E-state index contributed by atoms with van der Waals surface area (Å²) in [6, 6.07) is 6.87. The van der Waals surface area contributed by atoms with Gasteiger partial charge in [0.05, 0.1) is 6.61 Å². The van der Waals surface area contributed by atoms with Gasteiger partial charge in [-0.2, -0.15) is 13.2 Å². The second-order valence-electron chi connectivity index (χ2n) is 8.30. The van der Waals surface area contributed by atoms with Gasteiger partial charge in [0.25, 0.3) is 5.91 Å². The van der Waals surface area contributed by atoms with Crippen molar-refractivity contribution in [3.63, 3.8) is 0 Å². The smallest absolute Gasteiger partial charge is 0.433 e. The summed E-state index contributed by atoms with van der Waals surface area (Å²) in [7, 11) is 0. The molecule has 2 aromatic rings. The van der Waals surface area contributed by atoms with Gasteiger partial charge < -0.3 is 25.0 Å². The zero-order valence-corrected chi connectivity index (χ0v) is 20.4. The number of rotatable bonds is 8. The molecule has 38 heavy (non-hydrogen) atoms. The molecule has 1 atom stereocenters. The van der Waals surface area contributed by atoms with Gasteiger partial charge in [0.1, 0.15) is 17.4 Å². The predicted octanol–water partition coefficient (Wildman–Crippen LogP) is 2.43. The van der Waals surface area contributed by atoms with E-state index in [0.717, 1.165) is 0 Å². The zero-order valence-electron chi connectivity index (χ0n) is 20.4. The summed E-state index contributed by atoms with van der Waals surface area (Å²) in [4.78, 5) is 59.5. The summed E-state index contributed by atoms with van der Waals surface area (Å²) in [5, 5.41) is 11.4. The minimum atomic E-state index is -4.88. The third kappa shape index (κ3) is 7.40. The van der Waals surface area contributed by atoms with Gasteiger partial charge in [0.15, 0.2) is 5.82 Å². The number of carbonyl (C=O) groups excluding carboxylic acids is 3. The van der Waals surface area contributed by atoms with Crippen LogP contribution < -0.4 is 5.32 Å². The molecule has 1 aromatic heterocycles. The number of halogens is 3. The first-order chi connectivity index (χ1) is 18.0. The molecule has 0 unspecified atom stereocenters. The minimum absolute atomic E-state index is 0.0982. The van der Waals surface area contributed by atoms with Crippen LogP contribution in [0.3, 0.4) is 0 Å².